The normalized spacial score (nSPS) is 14.8. The highest BCUT2D eigenvalue weighted by Crippen LogP contribution is 2.52. The minimum absolute atomic E-state index is 0.0712. The van der Waals surface area contributed by atoms with Crippen LogP contribution in [0.5, 0.6) is 17.2 Å². The average molecular weight is 767 g/mol. The van der Waals surface area contributed by atoms with Crippen molar-refractivity contribution in [3.8, 4) is 17.2 Å². The van der Waals surface area contributed by atoms with E-state index in [0.29, 0.717) is 86.1 Å². The molecule has 5 rings (SSSR count). The molecule has 0 aliphatic heterocycles. The monoisotopic (exact) mass is 766 g/mol. The van der Waals surface area contributed by atoms with Crippen molar-refractivity contribution in [3.05, 3.63) is 138 Å². The molecule has 3 aromatic carbocycles. The highest BCUT2D eigenvalue weighted by molar-refractivity contribution is 5.93. The van der Waals surface area contributed by atoms with Gasteiger partial charge in [-0.3, -0.25) is 0 Å². The third kappa shape index (κ3) is 13.2. The highest BCUT2D eigenvalue weighted by Gasteiger charge is 2.48. The Hall–Kier alpha value is -6.43. The summed E-state index contributed by atoms with van der Waals surface area (Å²) in [5, 5.41) is 0. The molecule has 0 spiro atoms. The Bertz CT molecular complexity index is 1890. The van der Waals surface area contributed by atoms with Gasteiger partial charge in [0.15, 0.2) is 0 Å². The first kappa shape index (κ1) is 42.3. The summed E-state index contributed by atoms with van der Waals surface area (Å²) in [6.45, 7) is 12.1. The van der Waals surface area contributed by atoms with E-state index in [2.05, 4.69) is 13.2 Å². The zero-order valence-corrected chi connectivity index (χ0v) is 31.6. The Balaban J connectivity index is 0.00000342. The lowest BCUT2D eigenvalue weighted by Gasteiger charge is -2.15. The molecule has 1 fully saturated rings. The second kappa shape index (κ2) is 22.1. The summed E-state index contributed by atoms with van der Waals surface area (Å²) in [5.41, 5.74) is 0.960. The zero-order chi connectivity index (χ0) is 40.3. The number of hydrogen-bond acceptors (Lipinski definition) is 12. The number of ether oxygens (including phenoxy) is 7. The van der Waals surface area contributed by atoms with Gasteiger partial charge in [0.2, 0.25) is 0 Å². The Morgan fingerprint density at radius 2 is 0.857 bits per heavy atom. The summed E-state index contributed by atoms with van der Waals surface area (Å²) in [4.78, 5) is 60.5. The van der Waals surface area contributed by atoms with E-state index < -0.39 is 29.8 Å². The molecular weight excluding hydrogens is 720 g/mol. The predicted octanol–water partition coefficient (Wildman–Crippen LogP) is 8.14. The average Bonchev–Trinajstić information content (AvgIpc) is 4.05. The minimum atomic E-state index is -0.573. The highest BCUT2D eigenvalue weighted by atomic mass is 16.6. The van der Waals surface area contributed by atoms with Gasteiger partial charge in [0, 0.05) is 24.0 Å². The van der Waals surface area contributed by atoms with E-state index in [0.717, 1.165) is 12.2 Å². The first-order valence-corrected chi connectivity index (χ1v) is 18.5. The van der Waals surface area contributed by atoms with Crippen molar-refractivity contribution in [2.45, 2.75) is 46.0 Å². The number of hydrogen-bond donors (Lipinski definition) is 0. The second-order valence-corrected chi connectivity index (χ2v) is 12.2. The quantitative estimate of drug-likeness (QED) is 0.0359. The molecule has 0 bridgehead atoms. The maximum absolute atomic E-state index is 12.9. The zero-order valence-electron chi connectivity index (χ0n) is 31.6. The molecule has 2 unspecified atom stereocenters. The van der Waals surface area contributed by atoms with Crippen LogP contribution in [0.1, 0.15) is 77.0 Å². The molecule has 2 aliphatic rings. The van der Waals surface area contributed by atoms with Crippen molar-refractivity contribution >= 4 is 29.8 Å². The van der Waals surface area contributed by atoms with Gasteiger partial charge in [-0.25, -0.2) is 24.0 Å². The minimum Gasteiger partial charge on any atom is -0.494 e. The van der Waals surface area contributed by atoms with E-state index in [1.807, 2.05) is 13.8 Å². The standard InChI is InChI=1S/C42H40O12.C2H6/c1-3-38(43)50-25-7-5-23-48-31-15-9-28(10-16-31)40(45)52-33-19-13-30(14-20-33)42(47)54-37-22-21-36(34-27-35(34)37)53-41(46)29-11-17-32(18-12-29)49-24-6-8-26-51-39(44)4-2;1-2/h3-4,9-22,34-35H,1-2,5-8,23-27H2;1-2H3. The summed E-state index contributed by atoms with van der Waals surface area (Å²) < 4.78 is 38.0. The number of allylic oxidation sites excluding steroid dienone is 4. The molecule has 0 radical (unpaired) electrons. The topological polar surface area (TPSA) is 150 Å². The molecule has 0 amide bonds. The number of carbonyl (C=O) groups is 5. The summed E-state index contributed by atoms with van der Waals surface area (Å²) in [6, 6.07) is 19.2. The van der Waals surface area contributed by atoms with E-state index >= 15 is 0 Å². The third-order valence-corrected chi connectivity index (χ3v) is 8.27. The van der Waals surface area contributed by atoms with Gasteiger partial charge in [0.25, 0.3) is 0 Å². The molecule has 0 heterocycles. The number of benzene rings is 3. The maximum atomic E-state index is 12.9. The van der Waals surface area contributed by atoms with Crippen LogP contribution in [-0.2, 0) is 28.5 Å². The lowest BCUT2D eigenvalue weighted by atomic mass is 10.1. The fourth-order valence-electron chi connectivity index (χ4n) is 5.24. The fourth-order valence-corrected chi connectivity index (χ4v) is 5.24. The first-order chi connectivity index (χ1) is 27.2. The largest absolute Gasteiger partial charge is 0.494 e. The van der Waals surface area contributed by atoms with Crippen LogP contribution in [0.2, 0.25) is 0 Å². The van der Waals surface area contributed by atoms with Crippen LogP contribution in [-0.4, -0.2) is 56.3 Å². The Morgan fingerprint density at radius 1 is 0.518 bits per heavy atom. The number of esters is 5. The van der Waals surface area contributed by atoms with Crippen LogP contribution < -0.4 is 14.2 Å². The van der Waals surface area contributed by atoms with Crippen LogP contribution >= 0.6 is 0 Å². The molecule has 0 aromatic heterocycles. The first-order valence-electron chi connectivity index (χ1n) is 18.5. The van der Waals surface area contributed by atoms with Gasteiger partial charge >= 0.3 is 29.8 Å². The number of fused-ring (bicyclic) bond motifs is 1. The summed E-state index contributed by atoms with van der Waals surface area (Å²) >= 11 is 0. The van der Waals surface area contributed by atoms with Crippen molar-refractivity contribution in [2.75, 3.05) is 26.4 Å². The van der Waals surface area contributed by atoms with E-state index in [9.17, 15) is 24.0 Å². The molecular formula is C44H46O12. The summed E-state index contributed by atoms with van der Waals surface area (Å²) in [7, 11) is 0. The van der Waals surface area contributed by atoms with Gasteiger partial charge in [-0.2, -0.15) is 0 Å². The molecule has 56 heavy (non-hydrogen) atoms. The predicted molar refractivity (Wildman–Crippen MR) is 206 cm³/mol. The second-order valence-electron chi connectivity index (χ2n) is 12.2. The van der Waals surface area contributed by atoms with E-state index in [4.69, 9.17) is 33.2 Å². The van der Waals surface area contributed by atoms with Gasteiger partial charge in [-0.1, -0.05) is 27.0 Å². The van der Waals surface area contributed by atoms with Gasteiger partial charge < -0.3 is 33.2 Å². The van der Waals surface area contributed by atoms with E-state index in [1.54, 1.807) is 60.7 Å². The van der Waals surface area contributed by atoms with Crippen LogP contribution in [0.4, 0.5) is 0 Å². The molecule has 2 aliphatic carbocycles. The smallest absolute Gasteiger partial charge is 0.343 e. The van der Waals surface area contributed by atoms with E-state index in [1.165, 1.54) is 24.3 Å². The Kier molecular flexibility index (Phi) is 16.7. The van der Waals surface area contributed by atoms with Crippen LogP contribution in [0.25, 0.3) is 0 Å². The summed E-state index contributed by atoms with van der Waals surface area (Å²) in [5.74, 6) is -0.263. The van der Waals surface area contributed by atoms with Crippen molar-refractivity contribution < 1.29 is 57.1 Å². The molecule has 0 N–H and O–H groups in total. The number of unbranched alkanes of at least 4 members (excludes halogenated alkanes) is 2. The van der Waals surface area contributed by atoms with Gasteiger partial charge in [-0.15, -0.1) is 0 Å². The van der Waals surface area contributed by atoms with Gasteiger partial charge in [0.1, 0.15) is 28.8 Å². The van der Waals surface area contributed by atoms with Crippen molar-refractivity contribution in [1.29, 1.82) is 0 Å². The molecule has 3 aromatic rings. The molecule has 294 valence electrons. The number of carbonyl (C=O) groups excluding carboxylic acids is 5. The Labute approximate surface area is 326 Å². The van der Waals surface area contributed by atoms with Crippen molar-refractivity contribution in [3.63, 3.8) is 0 Å². The Morgan fingerprint density at radius 3 is 1.23 bits per heavy atom. The molecule has 12 heteroatoms. The van der Waals surface area contributed by atoms with Crippen molar-refractivity contribution in [2.24, 2.45) is 11.8 Å². The van der Waals surface area contributed by atoms with Crippen molar-refractivity contribution in [1.82, 2.24) is 0 Å². The third-order valence-electron chi connectivity index (χ3n) is 8.27. The van der Waals surface area contributed by atoms with Crippen LogP contribution in [0.3, 0.4) is 0 Å². The lowest BCUT2D eigenvalue weighted by molar-refractivity contribution is -0.138. The van der Waals surface area contributed by atoms with Crippen LogP contribution in [0, 0.1) is 11.8 Å². The fraction of sp³-hybridized carbons (Fsp3) is 0.295. The SMILES string of the molecule is C=CC(=O)OCCCCOc1ccc(C(=O)OC2=CC=C(OC(=O)c3ccc(OC(=O)c4ccc(OCCCCOC(=O)C=C)cc4)cc3)C3CC23)cc1.CC. The van der Waals surface area contributed by atoms with E-state index in [-0.39, 0.29) is 29.8 Å². The summed E-state index contributed by atoms with van der Waals surface area (Å²) in [6.07, 6.45) is 8.87. The van der Waals surface area contributed by atoms with Crippen LogP contribution in [0.15, 0.2) is 122 Å². The number of rotatable bonds is 20. The molecule has 2 atom stereocenters. The molecule has 1 saturated carbocycles. The van der Waals surface area contributed by atoms with Gasteiger partial charge in [0.05, 0.1) is 43.1 Å². The lowest BCUT2D eigenvalue weighted by Crippen LogP contribution is -2.12. The maximum Gasteiger partial charge on any atom is 0.343 e. The molecule has 12 nitrogen and oxygen atoms in total. The van der Waals surface area contributed by atoms with Gasteiger partial charge in [-0.05, 0) is 117 Å². The molecule has 0 saturated heterocycles.